The Morgan fingerprint density at radius 3 is 2.23 bits per heavy atom. The number of nitrogens with one attached hydrogen (secondary N) is 2. The van der Waals surface area contributed by atoms with Gasteiger partial charge in [-0.05, 0) is 53.8 Å². The van der Waals surface area contributed by atoms with Gasteiger partial charge in [-0.25, -0.2) is 18.4 Å². The molecule has 0 bridgehead atoms. The number of ether oxygens (including phenoxy) is 1. The second kappa shape index (κ2) is 21.2. The maximum atomic E-state index is 15.2. The molecule has 3 amide bonds. The summed E-state index contributed by atoms with van der Waals surface area (Å²) >= 11 is 1.12. The third-order valence-electron chi connectivity index (χ3n) is 9.27. The van der Waals surface area contributed by atoms with E-state index < -0.39 is 57.3 Å². The molecule has 0 spiro atoms. The second-order valence-electron chi connectivity index (χ2n) is 18.0. The molecule has 57 heavy (non-hydrogen) atoms. The van der Waals surface area contributed by atoms with Crippen LogP contribution in [0.25, 0.3) is 11.1 Å². The number of carbonyl (C=O) groups is 4. The molecule has 0 aliphatic rings. The predicted octanol–water partition coefficient (Wildman–Crippen LogP) is 8.88. The Morgan fingerprint density at radius 1 is 0.947 bits per heavy atom. The van der Waals surface area contributed by atoms with Crippen molar-refractivity contribution in [3.05, 3.63) is 83.7 Å². The molecule has 2 atom stereocenters. The van der Waals surface area contributed by atoms with Gasteiger partial charge >= 0.3 is 12.1 Å². The van der Waals surface area contributed by atoms with Crippen molar-refractivity contribution >= 4 is 51.8 Å². The van der Waals surface area contributed by atoms with E-state index in [1.165, 1.54) is 0 Å². The van der Waals surface area contributed by atoms with Crippen LogP contribution in [0.1, 0.15) is 50.9 Å². The fourth-order valence-electron chi connectivity index (χ4n) is 6.23. The Bertz CT molecular complexity index is 1810. The van der Waals surface area contributed by atoms with Crippen LogP contribution in [0.15, 0.2) is 60.8 Å². The minimum Gasteiger partial charge on any atom is -0.480 e. The Balaban J connectivity index is 1.96. The molecule has 3 N–H and O–H groups in total. The van der Waals surface area contributed by atoms with E-state index in [9.17, 15) is 28.7 Å². The first-order valence-electron chi connectivity index (χ1n) is 19.5. The third kappa shape index (κ3) is 16.4. The highest BCUT2D eigenvalue weighted by Gasteiger charge is 2.37. The van der Waals surface area contributed by atoms with E-state index in [0.717, 1.165) is 47.6 Å². The van der Waals surface area contributed by atoms with Crippen LogP contribution in [-0.2, 0) is 25.7 Å². The number of amides is 3. The lowest BCUT2D eigenvalue weighted by Gasteiger charge is -2.41. The minimum absolute atomic E-state index is 0.0218. The van der Waals surface area contributed by atoms with Gasteiger partial charge in [-0.3, -0.25) is 9.59 Å². The summed E-state index contributed by atoms with van der Waals surface area (Å²) in [4.78, 5) is 53.5. The molecule has 0 aliphatic carbocycles. The molecule has 1 heterocycles. The number of nitrogens with zero attached hydrogens (tertiary/aromatic N) is 2. The second-order valence-corrected chi connectivity index (χ2v) is 30.3. The van der Waals surface area contributed by atoms with E-state index in [-0.39, 0.29) is 48.4 Å². The monoisotopic (exact) mass is 844 g/mol. The summed E-state index contributed by atoms with van der Waals surface area (Å²) in [6.07, 6.45) is 1.87. The molecule has 2 aromatic carbocycles. The smallest absolute Gasteiger partial charge is 0.407 e. The molecule has 3 aromatic rings. The van der Waals surface area contributed by atoms with Gasteiger partial charge in [0.25, 0.3) is 0 Å². The fraction of sp³-hybridized carbons (Fsp3) is 0.524. The van der Waals surface area contributed by atoms with Gasteiger partial charge in [-0.15, -0.1) is 11.8 Å². The largest absolute Gasteiger partial charge is 0.480 e. The van der Waals surface area contributed by atoms with E-state index >= 15 is 4.39 Å². The Morgan fingerprint density at radius 2 is 1.61 bits per heavy atom. The van der Waals surface area contributed by atoms with Crippen molar-refractivity contribution in [1.82, 2.24) is 20.1 Å². The lowest BCUT2D eigenvalue weighted by Crippen LogP contribution is -2.45. The lowest BCUT2D eigenvalue weighted by molar-refractivity contribution is -0.141. The van der Waals surface area contributed by atoms with Crippen LogP contribution in [0.4, 0.5) is 13.6 Å². The maximum absolute atomic E-state index is 15.2. The van der Waals surface area contributed by atoms with Crippen molar-refractivity contribution in [1.29, 1.82) is 0 Å². The number of benzene rings is 2. The predicted molar refractivity (Wildman–Crippen MR) is 231 cm³/mol. The van der Waals surface area contributed by atoms with Crippen molar-refractivity contribution in [3.63, 3.8) is 0 Å². The minimum atomic E-state index is -1.52. The quantitative estimate of drug-likeness (QED) is 0.0722. The SMILES string of the molecule is CC(C)(C)[C@H](c1cc(-c2cc(F)ccc2F)cn1Cc1ccccc1)N(CCCNC(=O)OCC[Si](C)(C)C)C(=O)CSC[C@H](NC(=O)CC[Si](C)(C)C)C(=O)O. The molecule has 0 saturated heterocycles. The van der Waals surface area contributed by atoms with E-state index in [4.69, 9.17) is 4.74 Å². The van der Waals surface area contributed by atoms with Gasteiger partial charge in [0.2, 0.25) is 11.8 Å². The van der Waals surface area contributed by atoms with Gasteiger partial charge in [-0.2, -0.15) is 0 Å². The van der Waals surface area contributed by atoms with Crippen LogP contribution in [-0.4, -0.2) is 91.8 Å². The summed E-state index contributed by atoms with van der Waals surface area (Å²) in [5.74, 6) is -3.06. The highest BCUT2D eigenvalue weighted by molar-refractivity contribution is 8.00. The lowest BCUT2D eigenvalue weighted by atomic mass is 9.83. The van der Waals surface area contributed by atoms with Crippen molar-refractivity contribution in [2.75, 3.05) is 31.2 Å². The number of aliphatic carboxylic acids is 1. The molecule has 0 fully saturated rings. The fourth-order valence-corrected chi connectivity index (χ4v) is 8.84. The molecular formula is C42H62F2N4O6SSi2. The number of hydrogen-bond acceptors (Lipinski definition) is 6. The van der Waals surface area contributed by atoms with Gasteiger partial charge < -0.3 is 29.9 Å². The van der Waals surface area contributed by atoms with Gasteiger partial charge in [0.05, 0.1) is 18.4 Å². The first-order chi connectivity index (χ1) is 26.5. The van der Waals surface area contributed by atoms with E-state index in [2.05, 4.69) is 49.9 Å². The van der Waals surface area contributed by atoms with Gasteiger partial charge in [0, 0.05) is 71.0 Å². The third-order valence-corrected chi connectivity index (χ3v) is 13.7. The van der Waals surface area contributed by atoms with Crippen LogP contribution in [0, 0.1) is 17.0 Å². The van der Waals surface area contributed by atoms with Crippen molar-refractivity contribution < 1.29 is 37.8 Å². The molecule has 15 heteroatoms. The summed E-state index contributed by atoms with van der Waals surface area (Å²) in [5.41, 5.74) is 1.60. The maximum Gasteiger partial charge on any atom is 0.407 e. The molecule has 0 radical (unpaired) electrons. The van der Waals surface area contributed by atoms with Crippen LogP contribution in [0.5, 0.6) is 0 Å². The summed E-state index contributed by atoms with van der Waals surface area (Å²) < 4.78 is 37.1. The van der Waals surface area contributed by atoms with Crippen molar-refractivity contribution in [3.8, 4) is 11.1 Å². The van der Waals surface area contributed by atoms with Crippen LogP contribution < -0.4 is 10.6 Å². The number of rotatable bonds is 21. The average Bonchev–Trinajstić information content (AvgIpc) is 3.50. The number of alkyl carbamates (subject to hydrolysis) is 1. The molecular weight excluding hydrogens is 783 g/mol. The molecule has 3 rings (SSSR count). The summed E-state index contributed by atoms with van der Waals surface area (Å²) in [6, 6.07) is 14.6. The summed E-state index contributed by atoms with van der Waals surface area (Å²) in [5, 5.41) is 15.3. The van der Waals surface area contributed by atoms with E-state index in [1.807, 2.05) is 55.7 Å². The molecule has 1 aromatic heterocycles. The Labute approximate surface area is 343 Å². The number of thioether (sulfide) groups is 1. The van der Waals surface area contributed by atoms with E-state index in [0.29, 0.717) is 30.8 Å². The van der Waals surface area contributed by atoms with E-state index in [1.54, 1.807) is 17.2 Å². The molecule has 10 nitrogen and oxygen atoms in total. The van der Waals surface area contributed by atoms with Crippen LogP contribution in [0.3, 0.4) is 0 Å². The number of aromatic nitrogens is 1. The molecule has 0 unspecified atom stereocenters. The molecule has 314 valence electrons. The highest BCUT2D eigenvalue weighted by Crippen LogP contribution is 2.41. The first kappa shape index (κ1) is 47.4. The highest BCUT2D eigenvalue weighted by atomic mass is 32.2. The number of halogens is 2. The van der Waals surface area contributed by atoms with Crippen LogP contribution in [0.2, 0.25) is 51.4 Å². The van der Waals surface area contributed by atoms with Crippen LogP contribution >= 0.6 is 11.8 Å². The topological polar surface area (TPSA) is 130 Å². The first-order valence-corrected chi connectivity index (χ1v) is 28.1. The number of carbonyl (C=O) groups excluding carboxylic acids is 3. The Kier molecular flexibility index (Phi) is 17.6. The van der Waals surface area contributed by atoms with Gasteiger partial charge in [0.15, 0.2) is 0 Å². The Hall–Kier alpha value is -3.96. The van der Waals surface area contributed by atoms with Gasteiger partial charge in [-0.1, -0.05) is 90.4 Å². The molecule has 0 saturated carbocycles. The zero-order chi connectivity index (χ0) is 42.6. The number of hydrogen-bond donors (Lipinski definition) is 3. The summed E-state index contributed by atoms with van der Waals surface area (Å²) in [6.45, 7) is 20.2. The normalized spacial score (nSPS) is 13.1. The number of carboxylic acid groups (broad SMARTS) is 1. The summed E-state index contributed by atoms with van der Waals surface area (Å²) in [7, 11) is -2.91. The van der Waals surface area contributed by atoms with Gasteiger partial charge in [0.1, 0.15) is 17.7 Å². The van der Waals surface area contributed by atoms with Crippen molar-refractivity contribution in [2.24, 2.45) is 5.41 Å². The zero-order valence-electron chi connectivity index (χ0n) is 35.0. The zero-order valence-corrected chi connectivity index (χ0v) is 37.9. The molecule has 0 aliphatic heterocycles. The van der Waals surface area contributed by atoms with Crippen molar-refractivity contribution in [2.45, 2.75) is 104 Å². The standard InChI is InChI=1S/C42H62F2N4O6SSi2/c1-42(2,3)39(36-24-31(33-25-32(43)16-17-34(33)44)27-47(36)26-30-14-11-10-12-15-30)48(20-13-19-45-41(53)54-21-23-57(7,8)9)38(50)29-55-28-35(40(51)52)46-37(49)18-22-56(4,5)6/h10-12,14-17,24-25,27,35,39H,13,18-23,26,28-29H2,1-9H3,(H,45,53)(H,46,49)(H,51,52)/t35-,39-/m0/s1. The average molecular weight is 845 g/mol. The number of carboxylic acids is 1.